The second kappa shape index (κ2) is 15.7. The van der Waals surface area contributed by atoms with Crippen LogP contribution in [0.5, 0.6) is 0 Å². The molecule has 0 aromatic heterocycles. The van der Waals surface area contributed by atoms with Gasteiger partial charge in [-0.3, -0.25) is 0 Å². The van der Waals surface area contributed by atoms with Gasteiger partial charge in [-0.05, 0) is 89.9 Å². The summed E-state index contributed by atoms with van der Waals surface area (Å²) in [5.74, 6) is 0. The molecule has 0 aromatic rings. The van der Waals surface area contributed by atoms with Gasteiger partial charge in [0.05, 0.1) is 12.2 Å². The first kappa shape index (κ1) is 30.7. The number of hydrogen-bond donors (Lipinski definition) is 0. The molecule has 3 unspecified atom stereocenters. The summed E-state index contributed by atoms with van der Waals surface area (Å²) in [5, 5.41) is 0. The predicted octanol–water partition coefficient (Wildman–Crippen LogP) is 5.98. The molecule has 4 rings (SSSR count). The van der Waals surface area contributed by atoms with Crippen LogP contribution in [-0.2, 0) is 37.9 Å². The Morgan fingerprint density at radius 2 is 0.525 bits per heavy atom. The summed E-state index contributed by atoms with van der Waals surface area (Å²) in [6.45, 7) is 0. The Kier molecular flexibility index (Phi) is 12.0. The third-order valence-corrected chi connectivity index (χ3v) is 8.66. The standard InChI is InChI=1S/C29H46O11/c1-33-19-11-3-5-13-21(19)35-27(30)37-23-15-7-9-17-25(23)39-29(32)40-26-18-10-8-16-24(26)38-28(31)36-22-14-6-4-12-20(22)34-2/h19-26H,3-18H2,1-2H3/t19-,20+,21+,22?,23?,24+,25+,26?/m0/s1. The van der Waals surface area contributed by atoms with Gasteiger partial charge in [0.15, 0.2) is 0 Å². The molecule has 0 aromatic carbocycles. The lowest BCUT2D eigenvalue weighted by atomic mass is 9.94. The average Bonchev–Trinajstić information content (AvgIpc) is 2.95. The Hall–Kier alpha value is -2.27. The molecule has 0 N–H and O–H groups in total. The minimum absolute atomic E-state index is 0.137. The van der Waals surface area contributed by atoms with E-state index in [1.54, 1.807) is 14.2 Å². The molecule has 0 spiro atoms. The molecule has 4 fully saturated rings. The van der Waals surface area contributed by atoms with Crippen molar-refractivity contribution >= 4 is 18.5 Å². The van der Waals surface area contributed by atoms with Gasteiger partial charge in [0.25, 0.3) is 0 Å². The monoisotopic (exact) mass is 570 g/mol. The third kappa shape index (κ3) is 8.86. The molecule has 4 aliphatic carbocycles. The summed E-state index contributed by atoms with van der Waals surface area (Å²) >= 11 is 0. The van der Waals surface area contributed by atoms with Gasteiger partial charge in [-0.25, -0.2) is 14.4 Å². The normalized spacial score (nSPS) is 34.6. The lowest BCUT2D eigenvalue weighted by Gasteiger charge is -2.34. The number of ether oxygens (including phenoxy) is 8. The van der Waals surface area contributed by atoms with Crippen molar-refractivity contribution in [3.05, 3.63) is 0 Å². The van der Waals surface area contributed by atoms with Gasteiger partial charge in [0.2, 0.25) is 0 Å². The highest BCUT2D eigenvalue weighted by Crippen LogP contribution is 2.30. The first-order valence-corrected chi connectivity index (χ1v) is 15.1. The van der Waals surface area contributed by atoms with Crippen LogP contribution < -0.4 is 0 Å². The van der Waals surface area contributed by atoms with E-state index in [1.165, 1.54) is 0 Å². The van der Waals surface area contributed by atoms with Gasteiger partial charge in [-0.1, -0.05) is 12.8 Å². The SMILES string of the molecule is CO[C@H]1CCCC[C@H]1OC(=O)OC1CCCC[C@H]1OC(=O)OC1CCCC[C@H]1OC(=O)OC1CCCC[C@H]1OC. The minimum Gasteiger partial charge on any atom is -0.428 e. The summed E-state index contributed by atoms with van der Waals surface area (Å²) in [5.41, 5.74) is 0. The van der Waals surface area contributed by atoms with Crippen LogP contribution in [0.2, 0.25) is 0 Å². The summed E-state index contributed by atoms with van der Waals surface area (Å²) in [6.07, 6.45) is 6.92. The highest BCUT2D eigenvalue weighted by atomic mass is 16.8. The van der Waals surface area contributed by atoms with Gasteiger partial charge in [-0.15, -0.1) is 0 Å². The molecule has 0 aliphatic heterocycles. The summed E-state index contributed by atoms with van der Waals surface area (Å²) in [6, 6.07) is 0. The fourth-order valence-electron chi connectivity index (χ4n) is 6.42. The van der Waals surface area contributed by atoms with Crippen molar-refractivity contribution in [3.8, 4) is 0 Å². The van der Waals surface area contributed by atoms with Crippen LogP contribution in [0.15, 0.2) is 0 Å². The number of methoxy groups -OCH3 is 2. The lowest BCUT2D eigenvalue weighted by molar-refractivity contribution is -0.117. The number of carbonyl (C=O) groups is 3. The number of rotatable bonds is 8. The van der Waals surface area contributed by atoms with E-state index in [0.717, 1.165) is 77.0 Å². The Morgan fingerprint density at radius 1 is 0.350 bits per heavy atom. The maximum atomic E-state index is 12.8. The van der Waals surface area contributed by atoms with E-state index >= 15 is 0 Å². The van der Waals surface area contributed by atoms with Crippen molar-refractivity contribution in [2.24, 2.45) is 0 Å². The highest BCUT2D eigenvalue weighted by Gasteiger charge is 2.38. The fourth-order valence-corrected chi connectivity index (χ4v) is 6.42. The molecular formula is C29H46O11. The fraction of sp³-hybridized carbons (Fsp3) is 0.897. The molecule has 0 saturated heterocycles. The van der Waals surface area contributed by atoms with E-state index in [4.69, 9.17) is 37.9 Å². The van der Waals surface area contributed by atoms with Gasteiger partial charge < -0.3 is 37.9 Å². The van der Waals surface area contributed by atoms with Crippen molar-refractivity contribution in [2.45, 2.75) is 152 Å². The Bertz CT molecular complexity index is 756. The predicted molar refractivity (Wildman–Crippen MR) is 141 cm³/mol. The zero-order valence-electron chi connectivity index (χ0n) is 23.9. The van der Waals surface area contributed by atoms with Crippen LogP contribution in [0, 0.1) is 0 Å². The maximum Gasteiger partial charge on any atom is 0.509 e. The van der Waals surface area contributed by atoms with Crippen LogP contribution in [0.25, 0.3) is 0 Å². The number of carbonyl (C=O) groups excluding carboxylic acids is 3. The van der Waals surface area contributed by atoms with E-state index in [0.29, 0.717) is 25.7 Å². The summed E-state index contributed by atoms with van der Waals surface area (Å²) in [7, 11) is 3.24. The molecule has 4 saturated carbocycles. The largest absolute Gasteiger partial charge is 0.509 e. The maximum absolute atomic E-state index is 12.8. The minimum atomic E-state index is -0.860. The van der Waals surface area contributed by atoms with E-state index in [1.807, 2.05) is 0 Å². The van der Waals surface area contributed by atoms with Crippen molar-refractivity contribution in [1.82, 2.24) is 0 Å². The first-order chi connectivity index (χ1) is 19.5. The molecule has 11 heteroatoms. The van der Waals surface area contributed by atoms with Gasteiger partial charge >= 0.3 is 18.5 Å². The Labute approximate surface area is 236 Å². The zero-order chi connectivity index (χ0) is 28.3. The summed E-state index contributed by atoms with van der Waals surface area (Å²) < 4.78 is 44.5. The molecule has 8 atom stereocenters. The summed E-state index contributed by atoms with van der Waals surface area (Å²) in [4.78, 5) is 38.0. The van der Waals surface area contributed by atoms with E-state index < -0.39 is 42.9 Å². The van der Waals surface area contributed by atoms with E-state index in [-0.39, 0.29) is 24.4 Å². The van der Waals surface area contributed by atoms with Crippen molar-refractivity contribution < 1.29 is 52.3 Å². The quantitative estimate of drug-likeness (QED) is 0.253. The van der Waals surface area contributed by atoms with Gasteiger partial charge in [0, 0.05) is 14.2 Å². The van der Waals surface area contributed by atoms with Crippen molar-refractivity contribution in [1.29, 1.82) is 0 Å². The third-order valence-electron chi connectivity index (χ3n) is 8.66. The van der Waals surface area contributed by atoms with E-state index in [2.05, 4.69) is 0 Å². The molecule has 11 nitrogen and oxygen atoms in total. The van der Waals surface area contributed by atoms with Crippen molar-refractivity contribution in [2.75, 3.05) is 14.2 Å². The van der Waals surface area contributed by atoms with Gasteiger partial charge in [0.1, 0.15) is 36.6 Å². The second-order valence-electron chi connectivity index (χ2n) is 11.4. The molecule has 40 heavy (non-hydrogen) atoms. The molecule has 228 valence electrons. The Balaban J connectivity index is 1.25. The smallest absolute Gasteiger partial charge is 0.428 e. The number of hydrogen-bond acceptors (Lipinski definition) is 11. The zero-order valence-corrected chi connectivity index (χ0v) is 23.9. The average molecular weight is 571 g/mol. The first-order valence-electron chi connectivity index (χ1n) is 15.1. The van der Waals surface area contributed by atoms with Crippen LogP contribution >= 0.6 is 0 Å². The molecule has 0 bridgehead atoms. The molecule has 0 heterocycles. The van der Waals surface area contributed by atoms with Crippen LogP contribution in [-0.4, -0.2) is 81.5 Å². The Morgan fingerprint density at radius 3 is 0.725 bits per heavy atom. The molecular weight excluding hydrogens is 524 g/mol. The van der Waals surface area contributed by atoms with E-state index in [9.17, 15) is 14.4 Å². The van der Waals surface area contributed by atoms with Gasteiger partial charge in [-0.2, -0.15) is 0 Å². The van der Waals surface area contributed by atoms with Crippen molar-refractivity contribution in [3.63, 3.8) is 0 Å². The van der Waals surface area contributed by atoms with Crippen LogP contribution in [0.1, 0.15) is 103 Å². The van der Waals surface area contributed by atoms with Crippen LogP contribution in [0.4, 0.5) is 14.4 Å². The lowest BCUT2D eigenvalue weighted by Crippen LogP contribution is -2.43. The topological polar surface area (TPSA) is 125 Å². The van der Waals surface area contributed by atoms with Crippen LogP contribution in [0.3, 0.4) is 0 Å². The molecule has 0 amide bonds. The molecule has 0 radical (unpaired) electrons. The second-order valence-corrected chi connectivity index (χ2v) is 11.4. The highest BCUT2D eigenvalue weighted by molar-refractivity contribution is 5.62. The molecule has 4 aliphatic rings.